The number of piperidine rings is 1. The highest BCUT2D eigenvalue weighted by molar-refractivity contribution is 5.90. The summed E-state index contributed by atoms with van der Waals surface area (Å²) in [5.41, 5.74) is 3.46. The molecule has 0 unspecified atom stereocenters. The molecule has 0 atom stereocenters. The number of anilines is 2. The molecule has 8 heteroatoms. The molecular formula is C22H29N5O3. The molecule has 0 radical (unpaired) electrons. The van der Waals surface area contributed by atoms with Gasteiger partial charge in [-0.25, -0.2) is 14.8 Å². The number of amides is 2. The SMILES string of the molecule is COc1ccc(NC(=O)N2CCC3(CC2)OCCc2cnc(N(C)C)nc23)c(C)c1. The monoisotopic (exact) mass is 411 g/mol. The maximum Gasteiger partial charge on any atom is 0.321 e. The number of ether oxygens (including phenoxy) is 2. The molecule has 0 saturated carbocycles. The summed E-state index contributed by atoms with van der Waals surface area (Å²) in [6.45, 7) is 3.84. The number of benzene rings is 1. The van der Waals surface area contributed by atoms with Crippen molar-refractivity contribution in [3.8, 4) is 5.75 Å². The summed E-state index contributed by atoms with van der Waals surface area (Å²) in [7, 11) is 5.51. The van der Waals surface area contributed by atoms with E-state index in [1.807, 2.05) is 55.2 Å². The molecule has 1 N–H and O–H groups in total. The first-order valence-electron chi connectivity index (χ1n) is 10.3. The third-order valence-electron chi connectivity index (χ3n) is 5.97. The average Bonchev–Trinajstić information content (AvgIpc) is 2.75. The largest absolute Gasteiger partial charge is 0.497 e. The number of nitrogens with one attached hydrogen (secondary N) is 1. The lowest BCUT2D eigenvalue weighted by Crippen LogP contribution is -2.50. The van der Waals surface area contributed by atoms with E-state index in [4.69, 9.17) is 14.5 Å². The first-order chi connectivity index (χ1) is 14.4. The number of urea groups is 1. The fraction of sp³-hybridized carbons (Fsp3) is 0.500. The lowest BCUT2D eigenvalue weighted by atomic mass is 9.83. The molecule has 0 aliphatic carbocycles. The number of hydrogen-bond acceptors (Lipinski definition) is 6. The van der Waals surface area contributed by atoms with Gasteiger partial charge in [-0.05, 0) is 55.5 Å². The molecule has 1 aromatic heterocycles. The van der Waals surface area contributed by atoms with E-state index in [2.05, 4.69) is 10.3 Å². The van der Waals surface area contributed by atoms with Crippen LogP contribution in [-0.4, -0.2) is 61.8 Å². The van der Waals surface area contributed by atoms with Crippen LogP contribution in [0.15, 0.2) is 24.4 Å². The Balaban J connectivity index is 1.47. The molecule has 1 aromatic carbocycles. The summed E-state index contributed by atoms with van der Waals surface area (Å²) in [4.78, 5) is 25.9. The van der Waals surface area contributed by atoms with Crippen molar-refractivity contribution < 1.29 is 14.3 Å². The van der Waals surface area contributed by atoms with E-state index in [0.29, 0.717) is 25.6 Å². The first kappa shape index (κ1) is 20.4. The van der Waals surface area contributed by atoms with Gasteiger partial charge in [-0.3, -0.25) is 0 Å². The number of hydrogen-bond donors (Lipinski definition) is 1. The highest BCUT2D eigenvalue weighted by Crippen LogP contribution is 2.40. The van der Waals surface area contributed by atoms with Crippen LogP contribution in [-0.2, 0) is 16.8 Å². The van der Waals surface area contributed by atoms with Crippen molar-refractivity contribution in [2.24, 2.45) is 0 Å². The van der Waals surface area contributed by atoms with Crippen molar-refractivity contribution in [3.63, 3.8) is 0 Å². The molecule has 8 nitrogen and oxygen atoms in total. The minimum Gasteiger partial charge on any atom is -0.497 e. The van der Waals surface area contributed by atoms with E-state index in [9.17, 15) is 4.79 Å². The zero-order valence-corrected chi connectivity index (χ0v) is 18.1. The van der Waals surface area contributed by atoms with E-state index in [-0.39, 0.29) is 6.03 Å². The minimum absolute atomic E-state index is 0.0918. The predicted octanol–water partition coefficient (Wildman–Crippen LogP) is 2.96. The van der Waals surface area contributed by atoms with E-state index in [1.54, 1.807) is 7.11 Å². The lowest BCUT2D eigenvalue weighted by Gasteiger charge is -2.44. The number of carbonyl (C=O) groups excluding carboxylic acids is 1. The maximum atomic E-state index is 12.8. The molecule has 2 aliphatic rings. The zero-order chi connectivity index (χ0) is 21.3. The second-order valence-corrected chi connectivity index (χ2v) is 8.13. The van der Waals surface area contributed by atoms with Crippen molar-refractivity contribution in [2.75, 3.05) is 51.1 Å². The Morgan fingerprint density at radius 3 is 2.73 bits per heavy atom. The second kappa shape index (κ2) is 8.10. The van der Waals surface area contributed by atoms with Gasteiger partial charge in [-0.1, -0.05) is 0 Å². The lowest BCUT2D eigenvalue weighted by molar-refractivity contribution is -0.0953. The summed E-state index contributed by atoms with van der Waals surface area (Å²) in [6, 6.07) is 5.54. The van der Waals surface area contributed by atoms with Crippen LogP contribution in [0, 0.1) is 6.92 Å². The fourth-order valence-electron chi connectivity index (χ4n) is 4.16. The topological polar surface area (TPSA) is 79.8 Å². The average molecular weight is 412 g/mol. The fourth-order valence-corrected chi connectivity index (χ4v) is 4.16. The standard InChI is InChI=1S/C22H29N5O3/c1-15-13-17(29-4)5-6-18(15)24-21(28)27-10-8-22(9-11-27)19-16(7-12-30-22)14-23-20(25-19)26(2)3/h5-6,13-14H,7-12H2,1-4H3,(H,24,28). The van der Waals surface area contributed by atoms with Gasteiger partial charge in [0.05, 0.1) is 19.4 Å². The summed E-state index contributed by atoms with van der Waals surface area (Å²) >= 11 is 0. The summed E-state index contributed by atoms with van der Waals surface area (Å²) in [5, 5.41) is 3.02. The molecule has 160 valence electrons. The van der Waals surface area contributed by atoms with E-state index in [1.165, 1.54) is 0 Å². The predicted molar refractivity (Wildman–Crippen MR) is 115 cm³/mol. The van der Waals surface area contributed by atoms with E-state index in [0.717, 1.165) is 47.5 Å². The molecule has 2 aromatic rings. The molecule has 30 heavy (non-hydrogen) atoms. The third kappa shape index (κ3) is 3.79. The highest BCUT2D eigenvalue weighted by Gasteiger charge is 2.43. The van der Waals surface area contributed by atoms with Crippen molar-refractivity contribution in [3.05, 3.63) is 41.2 Å². The number of aromatic nitrogens is 2. The van der Waals surface area contributed by atoms with Crippen molar-refractivity contribution >= 4 is 17.7 Å². The van der Waals surface area contributed by atoms with Crippen LogP contribution >= 0.6 is 0 Å². The second-order valence-electron chi connectivity index (χ2n) is 8.13. The first-order valence-corrected chi connectivity index (χ1v) is 10.3. The number of fused-ring (bicyclic) bond motifs is 2. The van der Waals surface area contributed by atoms with Crippen molar-refractivity contribution in [2.45, 2.75) is 31.8 Å². The highest BCUT2D eigenvalue weighted by atomic mass is 16.5. The number of carbonyl (C=O) groups is 1. The molecule has 2 aliphatic heterocycles. The van der Waals surface area contributed by atoms with Gasteiger partial charge in [-0.2, -0.15) is 0 Å². The molecule has 1 saturated heterocycles. The summed E-state index contributed by atoms with van der Waals surface area (Å²) in [6.07, 6.45) is 4.19. The number of aryl methyl sites for hydroxylation is 1. The maximum absolute atomic E-state index is 12.8. The van der Waals surface area contributed by atoms with Gasteiger partial charge in [0.2, 0.25) is 5.95 Å². The zero-order valence-electron chi connectivity index (χ0n) is 18.1. The third-order valence-corrected chi connectivity index (χ3v) is 5.97. The van der Waals surface area contributed by atoms with Gasteiger partial charge < -0.3 is 24.6 Å². The Bertz CT molecular complexity index is 938. The molecular weight excluding hydrogens is 382 g/mol. The van der Waals surface area contributed by atoms with Crippen LogP contribution in [0.3, 0.4) is 0 Å². The molecule has 1 spiro atoms. The van der Waals surface area contributed by atoms with Crippen LogP contribution in [0.4, 0.5) is 16.4 Å². The smallest absolute Gasteiger partial charge is 0.321 e. The van der Waals surface area contributed by atoms with Gasteiger partial charge in [0.1, 0.15) is 11.4 Å². The van der Waals surface area contributed by atoms with Crippen LogP contribution in [0.5, 0.6) is 5.75 Å². The molecule has 1 fully saturated rings. The van der Waals surface area contributed by atoms with Crippen molar-refractivity contribution in [1.82, 2.24) is 14.9 Å². The number of likely N-dealkylation sites (tertiary alicyclic amines) is 1. The van der Waals surface area contributed by atoms with Crippen LogP contribution in [0.2, 0.25) is 0 Å². The van der Waals surface area contributed by atoms with Gasteiger partial charge in [0.15, 0.2) is 0 Å². The molecule has 0 bridgehead atoms. The summed E-state index contributed by atoms with van der Waals surface area (Å²) in [5.74, 6) is 1.46. The van der Waals surface area contributed by atoms with Crippen molar-refractivity contribution in [1.29, 1.82) is 0 Å². The van der Waals surface area contributed by atoms with Crippen LogP contribution in [0.1, 0.15) is 29.7 Å². The molecule has 4 rings (SSSR count). The quantitative estimate of drug-likeness (QED) is 0.837. The Labute approximate surface area is 177 Å². The van der Waals surface area contributed by atoms with E-state index < -0.39 is 5.60 Å². The Kier molecular flexibility index (Phi) is 5.51. The van der Waals surface area contributed by atoms with Gasteiger partial charge in [0.25, 0.3) is 0 Å². The Morgan fingerprint density at radius 2 is 2.07 bits per heavy atom. The van der Waals surface area contributed by atoms with Gasteiger partial charge >= 0.3 is 6.03 Å². The Morgan fingerprint density at radius 1 is 1.30 bits per heavy atom. The molecule has 3 heterocycles. The van der Waals surface area contributed by atoms with E-state index >= 15 is 0 Å². The van der Waals surface area contributed by atoms with Crippen LogP contribution in [0.25, 0.3) is 0 Å². The van der Waals surface area contributed by atoms with Crippen LogP contribution < -0.4 is 15.0 Å². The number of methoxy groups -OCH3 is 1. The normalized spacial score (nSPS) is 17.4. The van der Waals surface area contributed by atoms with Gasteiger partial charge in [0, 0.05) is 39.1 Å². The minimum atomic E-state index is -0.436. The summed E-state index contributed by atoms with van der Waals surface area (Å²) < 4.78 is 11.5. The Hall–Kier alpha value is -2.87. The van der Waals surface area contributed by atoms with Gasteiger partial charge in [-0.15, -0.1) is 0 Å². The number of nitrogens with zero attached hydrogens (tertiary/aromatic N) is 4. The molecule has 2 amide bonds. The number of rotatable bonds is 3.